The molecule has 0 radical (unpaired) electrons. The van der Waals surface area contributed by atoms with E-state index in [-0.39, 0.29) is 6.04 Å². The average Bonchev–Trinajstić information content (AvgIpc) is 2.04. The van der Waals surface area contributed by atoms with E-state index in [9.17, 15) is 0 Å². The van der Waals surface area contributed by atoms with Crippen molar-refractivity contribution in [3.63, 3.8) is 0 Å². The highest BCUT2D eigenvalue weighted by Gasteiger charge is 2.05. The van der Waals surface area contributed by atoms with Crippen molar-refractivity contribution in [1.82, 2.24) is 4.98 Å². The van der Waals surface area contributed by atoms with Gasteiger partial charge in [-0.1, -0.05) is 12.7 Å². The third kappa shape index (κ3) is 1.53. The van der Waals surface area contributed by atoms with E-state index in [1.165, 1.54) is 5.56 Å². The molecule has 0 bridgehead atoms. The molecule has 0 amide bonds. The van der Waals surface area contributed by atoms with Gasteiger partial charge < -0.3 is 5.73 Å². The Kier molecular flexibility index (Phi) is 2.61. The van der Waals surface area contributed by atoms with Crippen LogP contribution in [0.15, 0.2) is 19.0 Å². The van der Waals surface area contributed by atoms with Gasteiger partial charge in [0.25, 0.3) is 0 Å². The molecule has 0 aromatic carbocycles. The van der Waals surface area contributed by atoms with Crippen LogP contribution in [0.4, 0.5) is 0 Å². The molecule has 0 fully saturated rings. The predicted molar refractivity (Wildman–Crippen MR) is 51.7 cm³/mol. The fourth-order valence-electron chi connectivity index (χ4n) is 1.22. The second-order valence-corrected chi connectivity index (χ2v) is 2.94. The first-order valence-corrected chi connectivity index (χ1v) is 3.99. The number of nitrogens with two attached hydrogens (primary N) is 1. The monoisotopic (exact) mass is 162 g/mol. The van der Waals surface area contributed by atoms with Crippen LogP contribution >= 0.6 is 0 Å². The second-order valence-electron chi connectivity index (χ2n) is 2.94. The third-order valence-electron chi connectivity index (χ3n) is 2.00. The lowest BCUT2D eigenvalue weighted by atomic mass is 10.0. The molecular weight excluding hydrogens is 148 g/mol. The van der Waals surface area contributed by atoms with Crippen molar-refractivity contribution < 1.29 is 0 Å². The summed E-state index contributed by atoms with van der Waals surface area (Å²) in [5.74, 6) is 0. The first kappa shape index (κ1) is 8.94. The van der Waals surface area contributed by atoms with Crippen molar-refractivity contribution in [2.45, 2.75) is 19.9 Å². The summed E-state index contributed by atoms with van der Waals surface area (Å²) in [6, 6.07) is 0.0393. The summed E-state index contributed by atoms with van der Waals surface area (Å²) in [6.45, 7) is 7.71. The lowest BCUT2D eigenvalue weighted by Crippen LogP contribution is -2.08. The van der Waals surface area contributed by atoms with Crippen LogP contribution in [0.1, 0.15) is 29.7 Å². The molecule has 0 aliphatic rings. The van der Waals surface area contributed by atoms with Crippen molar-refractivity contribution in [3.05, 3.63) is 35.7 Å². The van der Waals surface area contributed by atoms with Gasteiger partial charge in [-0.15, -0.1) is 0 Å². The number of hydrogen-bond donors (Lipinski definition) is 1. The highest BCUT2D eigenvalue weighted by atomic mass is 14.7. The number of hydrogen-bond acceptors (Lipinski definition) is 2. The van der Waals surface area contributed by atoms with Crippen molar-refractivity contribution >= 4 is 6.08 Å². The average molecular weight is 162 g/mol. The van der Waals surface area contributed by atoms with Crippen LogP contribution in [0.25, 0.3) is 6.08 Å². The van der Waals surface area contributed by atoms with Crippen molar-refractivity contribution in [1.29, 1.82) is 0 Å². The molecule has 2 N–H and O–H groups in total. The largest absolute Gasteiger partial charge is 0.324 e. The molecule has 0 unspecified atom stereocenters. The Morgan fingerprint density at radius 2 is 2.25 bits per heavy atom. The zero-order valence-electron chi connectivity index (χ0n) is 7.54. The van der Waals surface area contributed by atoms with Gasteiger partial charge in [-0.2, -0.15) is 0 Å². The summed E-state index contributed by atoms with van der Waals surface area (Å²) in [6.07, 6.45) is 5.41. The Balaban J connectivity index is 3.22. The van der Waals surface area contributed by atoms with Gasteiger partial charge >= 0.3 is 0 Å². The summed E-state index contributed by atoms with van der Waals surface area (Å²) in [5.41, 5.74) is 9.09. The third-order valence-corrected chi connectivity index (χ3v) is 2.00. The van der Waals surface area contributed by atoms with Crippen LogP contribution in [0.5, 0.6) is 0 Å². The molecule has 2 heteroatoms. The van der Waals surface area contributed by atoms with E-state index in [1.54, 1.807) is 12.3 Å². The van der Waals surface area contributed by atoms with Crippen LogP contribution in [-0.4, -0.2) is 4.98 Å². The van der Waals surface area contributed by atoms with E-state index in [2.05, 4.69) is 11.6 Å². The van der Waals surface area contributed by atoms with Gasteiger partial charge in [0, 0.05) is 18.4 Å². The Labute approximate surface area is 73.1 Å². The number of rotatable bonds is 2. The molecule has 1 heterocycles. The van der Waals surface area contributed by atoms with Gasteiger partial charge in [0.2, 0.25) is 0 Å². The molecule has 1 aromatic rings. The molecule has 1 atom stereocenters. The maximum Gasteiger partial charge on any atom is 0.0343 e. The predicted octanol–water partition coefficient (Wildman–Crippen LogP) is 2.05. The molecule has 1 aromatic heterocycles. The normalized spacial score (nSPS) is 12.6. The van der Waals surface area contributed by atoms with E-state index >= 15 is 0 Å². The maximum atomic E-state index is 5.76. The van der Waals surface area contributed by atoms with E-state index in [4.69, 9.17) is 5.73 Å². The SMILES string of the molecule is C=Cc1cncc([C@@H](C)N)c1C. The zero-order valence-corrected chi connectivity index (χ0v) is 7.54. The number of aromatic nitrogens is 1. The molecule has 12 heavy (non-hydrogen) atoms. The summed E-state index contributed by atoms with van der Waals surface area (Å²) >= 11 is 0. The van der Waals surface area contributed by atoms with Crippen LogP contribution in [0, 0.1) is 6.92 Å². The van der Waals surface area contributed by atoms with Crippen LogP contribution in [-0.2, 0) is 0 Å². The Bertz CT molecular complexity index is 290. The minimum atomic E-state index is 0.0393. The second kappa shape index (κ2) is 3.50. The van der Waals surface area contributed by atoms with Gasteiger partial charge in [0.05, 0.1) is 0 Å². The maximum absolute atomic E-state index is 5.76. The standard InChI is InChI=1S/C10H14N2/c1-4-9-5-12-6-10(7(9)2)8(3)11/h4-6,8H,1,11H2,2-3H3/t8-/m1/s1. The van der Waals surface area contributed by atoms with Crippen molar-refractivity contribution in [2.24, 2.45) is 5.73 Å². The highest BCUT2D eigenvalue weighted by Crippen LogP contribution is 2.17. The fourth-order valence-corrected chi connectivity index (χ4v) is 1.22. The number of pyridine rings is 1. The Hall–Kier alpha value is -1.15. The van der Waals surface area contributed by atoms with Crippen LogP contribution in [0.2, 0.25) is 0 Å². The van der Waals surface area contributed by atoms with Gasteiger partial charge in [-0.3, -0.25) is 4.98 Å². The summed E-state index contributed by atoms with van der Waals surface area (Å²) in [4.78, 5) is 4.09. The molecule has 0 aliphatic carbocycles. The molecular formula is C10H14N2. The Morgan fingerprint density at radius 3 is 2.75 bits per heavy atom. The van der Waals surface area contributed by atoms with Crippen molar-refractivity contribution in [3.8, 4) is 0 Å². The minimum absolute atomic E-state index is 0.0393. The molecule has 64 valence electrons. The topological polar surface area (TPSA) is 38.9 Å². The van der Waals surface area contributed by atoms with E-state index in [1.807, 2.05) is 20.0 Å². The summed E-state index contributed by atoms with van der Waals surface area (Å²) in [7, 11) is 0. The lowest BCUT2D eigenvalue weighted by Gasteiger charge is -2.10. The van der Waals surface area contributed by atoms with Crippen molar-refractivity contribution in [2.75, 3.05) is 0 Å². The van der Waals surface area contributed by atoms with E-state index in [0.29, 0.717) is 0 Å². The first-order valence-electron chi connectivity index (χ1n) is 3.99. The van der Waals surface area contributed by atoms with Crippen LogP contribution < -0.4 is 5.73 Å². The van der Waals surface area contributed by atoms with E-state index < -0.39 is 0 Å². The van der Waals surface area contributed by atoms with Gasteiger partial charge in [-0.05, 0) is 30.5 Å². The molecule has 0 saturated carbocycles. The molecule has 1 rings (SSSR count). The molecule has 2 nitrogen and oxygen atoms in total. The first-order chi connectivity index (χ1) is 5.66. The van der Waals surface area contributed by atoms with E-state index in [0.717, 1.165) is 11.1 Å². The summed E-state index contributed by atoms with van der Waals surface area (Å²) in [5, 5.41) is 0. The molecule has 0 spiro atoms. The van der Waals surface area contributed by atoms with Gasteiger partial charge in [0.15, 0.2) is 0 Å². The molecule has 0 aliphatic heterocycles. The minimum Gasteiger partial charge on any atom is -0.324 e. The highest BCUT2D eigenvalue weighted by molar-refractivity contribution is 5.52. The van der Waals surface area contributed by atoms with Gasteiger partial charge in [-0.25, -0.2) is 0 Å². The van der Waals surface area contributed by atoms with Gasteiger partial charge in [0.1, 0.15) is 0 Å². The molecule has 0 saturated heterocycles. The Morgan fingerprint density at radius 1 is 1.58 bits per heavy atom. The fraction of sp³-hybridized carbons (Fsp3) is 0.300. The summed E-state index contributed by atoms with van der Waals surface area (Å²) < 4.78 is 0. The quantitative estimate of drug-likeness (QED) is 0.722. The van der Waals surface area contributed by atoms with Crippen LogP contribution in [0.3, 0.4) is 0 Å². The number of nitrogens with zero attached hydrogens (tertiary/aromatic N) is 1. The lowest BCUT2D eigenvalue weighted by molar-refractivity contribution is 0.802. The zero-order chi connectivity index (χ0) is 9.14. The smallest absolute Gasteiger partial charge is 0.0343 e.